The van der Waals surface area contributed by atoms with Gasteiger partial charge in [0, 0.05) is 0 Å². The third kappa shape index (κ3) is 7.73. The van der Waals surface area contributed by atoms with Crippen LogP contribution in [0.5, 0.6) is 23.0 Å². The Kier molecular flexibility index (Phi) is 9.94. The average molecular weight is 543 g/mol. The summed E-state index contributed by atoms with van der Waals surface area (Å²) in [5.41, 5.74) is 4.22. The fraction of sp³-hybridized carbons (Fsp3) is 0.148. The number of amides is 1. The fourth-order valence-corrected chi connectivity index (χ4v) is 3.41. The summed E-state index contributed by atoms with van der Waals surface area (Å²) in [6.45, 7) is 3.45. The van der Waals surface area contributed by atoms with Gasteiger partial charge in [-0.05, 0) is 66.1 Å². The molecule has 0 radical (unpaired) electrons. The summed E-state index contributed by atoms with van der Waals surface area (Å²) in [6.07, 6.45) is 3.89. The highest BCUT2D eigenvalue weighted by Crippen LogP contribution is 2.30. The lowest BCUT2D eigenvalue weighted by atomic mass is 10.1. The van der Waals surface area contributed by atoms with Crippen molar-refractivity contribution in [2.75, 3.05) is 20.8 Å². The molecule has 8 nitrogen and oxygen atoms in total. The van der Waals surface area contributed by atoms with E-state index < -0.39 is 11.9 Å². The highest BCUT2D eigenvalue weighted by atomic mass is 35.5. The minimum Gasteiger partial charge on any atom is -0.493 e. The van der Waals surface area contributed by atoms with Crippen LogP contribution in [-0.2, 0) is 11.2 Å². The first kappa shape index (κ1) is 27.6. The molecule has 0 aliphatic carbocycles. The van der Waals surface area contributed by atoms with Gasteiger partial charge in [0.05, 0.1) is 36.0 Å². The van der Waals surface area contributed by atoms with Gasteiger partial charge in [-0.25, -0.2) is 10.2 Å². The number of benzene rings is 3. The van der Waals surface area contributed by atoms with Gasteiger partial charge in [-0.2, -0.15) is 5.10 Å². The topological polar surface area (TPSA) is 95.5 Å². The van der Waals surface area contributed by atoms with Gasteiger partial charge >= 0.3 is 5.97 Å². The van der Waals surface area contributed by atoms with Crippen LogP contribution in [0, 0.1) is 0 Å². The lowest BCUT2D eigenvalue weighted by molar-refractivity contribution is -0.123. The van der Waals surface area contributed by atoms with Crippen LogP contribution >= 0.6 is 23.2 Å². The van der Waals surface area contributed by atoms with Crippen LogP contribution in [0.25, 0.3) is 0 Å². The van der Waals surface area contributed by atoms with E-state index in [-0.39, 0.29) is 22.9 Å². The molecule has 3 aromatic carbocycles. The highest BCUT2D eigenvalue weighted by molar-refractivity contribution is 6.42. The molecular formula is C27H24Cl2N2O6. The summed E-state index contributed by atoms with van der Waals surface area (Å²) in [6, 6.07) is 14.6. The van der Waals surface area contributed by atoms with Crippen LogP contribution in [0.2, 0.25) is 10.0 Å². The number of carbonyl (C=O) groups excluding carboxylic acids is 2. The molecule has 0 saturated carbocycles. The molecule has 3 aromatic rings. The first-order valence-corrected chi connectivity index (χ1v) is 11.7. The van der Waals surface area contributed by atoms with Gasteiger partial charge < -0.3 is 18.9 Å². The van der Waals surface area contributed by atoms with E-state index in [9.17, 15) is 9.59 Å². The number of hydrazone groups is 1. The van der Waals surface area contributed by atoms with E-state index in [1.54, 1.807) is 30.3 Å². The van der Waals surface area contributed by atoms with Gasteiger partial charge in [0.1, 0.15) is 0 Å². The van der Waals surface area contributed by atoms with Gasteiger partial charge in [0.2, 0.25) is 0 Å². The van der Waals surface area contributed by atoms with Crippen LogP contribution < -0.4 is 24.4 Å². The third-order valence-electron chi connectivity index (χ3n) is 4.92. The molecule has 192 valence electrons. The van der Waals surface area contributed by atoms with Crippen molar-refractivity contribution in [1.82, 2.24) is 5.43 Å². The van der Waals surface area contributed by atoms with Crippen molar-refractivity contribution in [2.24, 2.45) is 5.10 Å². The Balaban J connectivity index is 1.57. The average Bonchev–Trinajstić information content (AvgIpc) is 2.90. The molecule has 10 heteroatoms. The van der Waals surface area contributed by atoms with E-state index in [0.29, 0.717) is 34.3 Å². The minimum absolute atomic E-state index is 0.196. The van der Waals surface area contributed by atoms with E-state index in [4.69, 9.17) is 42.1 Å². The molecule has 1 N–H and O–H groups in total. The fourth-order valence-electron chi connectivity index (χ4n) is 3.11. The molecule has 0 bridgehead atoms. The molecule has 0 aliphatic heterocycles. The quantitative estimate of drug-likeness (QED) is 0.113. The van der Waals surface area contributed by atoms with Crippen molar-refractivity contribution in [2.45, 2.75) is 6.42 Å². The van der Waals surface area contributed by atoms with Crippen LogP contribution in [0.15, 0.2) is 72.4 Å². The Labute approximate surface area is 224 Å². The first-order valence-electron chi connectivity index (χ1n) is 10.9. The molecule has 1 amide bonds. The Morgan fingerprint density at radius 2 is 1.65 bits per heavy atom. The SMILES string of the molecule is C=CCc1ccc(OCC(=O)N/N=C\c2ccc(OC(=O)c3ccc(Cl)c(Cl)c3)c(OC)c2)c(OC)c1. The largest absolute Gasteiger partial charge is 0.493 e. The number of methoxy groups -OCH3 is 2. The van der Waals surface area contributed by atoms with Gasteiger partial charge in [0.15, 0.2) is 29.6 Å². The van der Waals surface area contributed by atoms with Crippen LogP contribution in [-0.4, -0.2) is 38.9 Å². The monoisotopic (exact) mass is 542 g/mol. The van der Waals surface area contributed by atoms with Crippen LogP contribution in [0.4, 0.5) is 0 Å². The molecular weight excluding hydrogens is 519 g/mol. The summed E-state index contributed by atoms with van der Waals surface area (Å²) in [5, 5.41) is 4.50. The van der Waals surface area contributed by atoms with Gasteiger partial charge in [0.25, 0.3) is 5.91 Å². The summed E-state index contributed by atoms with van der Waals surface area (Å²) < 4.78 is 21.6. The molecule has 0 fully saturated rings. The number of nitrogens with zero attached hydrogens (tertiary/aromatic N) is 1. The second-order valence-corrected chi connectivity index (χ2v) is 8.30. The number of rotatable bonds is 11. The number of allylic oxidation sites excluding steroid dienone is 1. The van der Waals surface area contributed by atoms with E-state index in [0.717, 1.165) is 5.56 Å². The molecule has 0 heterocycles. The number of esters is 1. The normalized spacial score (nSPS) is 10.6. The van der Waals surface area contributed by atoms with Crippen LogP contribution in [0.1, 0.15) is 21.5 Å². The molecule has 3 rings (SSSR count). The van der Waals surface area contributed by atoms with Crippen molar-refractivity contribution in [3.05, 3.63) is 94.0 Å². The van der Waals surface area contributed by atoms with Crippen molar-refractivity contribution in [3.63, 3.8) is 0 Å². The predicted molar refractivity (Wildman–Crippen MR) is 143 cm³/mol. The number of ether oxygens (including phenoxy) is 4. The van der Waals surface area contributed by atoms with E-state index in [2.05, 4.69) is 17.1 Å². The van der Waals surface area contributed by atoms with Crippen molar-refractivity contribution < 1.29 is 28.5 Å². The van der Waals surface area contributed by atoms with Gasteiger partial charge in [-0.1, -0.05) is 35.3 Å². The Morgan fingerprint density at radius 1 is 0.919 bits per heavy atom. The van der Waals surface area contributed by atoms with Gasteiger partial charge in [-0.3, -0.25) is 4.79 Å². The smallest absolute Gasteiger partial charge is 0.343 e. The predicted octanol–water partition coefficient (Wildman–Crippen LogP) is 5.49. The molecule has 0 aliphatic rings. The Bertz CT molecular complexity index is 1330. The summed E-state index contributed by atoms with van der Waals surface area (Å²) >= 11 is 11.9. The molecule has 0 aromatic heterocycles. The molecule has 0 spiro atoms. The zero-order chi connectivity index (χ0) is 26.8. The Hall–Kier alpha value is -4.01. The van der Waals surface area contributed by atoms with Crippen molar-refractivity contribution >= 4 is 41.3 Å². The molecule has 0 atom stereocenters. The van der Waals surface area contributed by atoms with Gasteiger partial charge in [-0.15, -0.1) is 6.58 Å². The first-order chi connectivity index (χ1) is 17.8. The van der Waals surface area contributed by atoms with Crippen molar-refractivity contribution in [3.8, 4) is 23.0 Å². The minimum atomic E-state index is -0.627. The highest BCUT2D eigenvalue weighted by Gasteiger charge is 2.14. The maximum atomic E-state index is 12.5. The number of carbonyl (C=O) groups is 2. The van der Waals surface area contributed by atoms with E-state index in [1.807, 2.05) is 12.1 Å². The van der Waals surface area contributed by atoms with E-state index in [1.165, 1.54) is 38.6 Å². The third-order valence-corrected chi connectivity index (χ3v) is 5.65. The standard InChI is InChI=1S/C27H24Cl2N2O6/c1-4-5-17-6-10-22(24(12-17)34-2)36-16-26(32)31-30-15-18-7-11-23(25(13-18)35-3)37-27(33)19-8-9-20(28)21(29)14-19/h4,6-15H,1,5,16H2,2-3H3,(H,31,32)/b30-15-. The van der Waals surface area contributed by atoms with Crippen molar-refractivity contribution in [1.29, 1.82) is 0 Å². The summed E-state index contributed by atoms with van der Waals surface area (Å²) in [4.78, 5) is 24.6. The summed E-state index contributed by atoms with van der Waals surface area (Å²) in [5.74, 6) is 0.346. The number of hydrogen-bond donors (Lipinski definition) is 1. The second-order valence-electron chi connectivity index (χ2n) is 7.49. The van der Waals surface area contributed by atoms with E-state index >= 15 is 0 Å². The Morgan fingerprint density at radius 3 is 2.35 bits per heavy atom. The molecule has 37 heavy (non-hydrogen) atoms. The lowest BCUT2D eigenvalue weighted by Gasteiger charge is -2.11. The maximum Gasteiger partial charge on any atom is 0.343 e. The number of halogens is 2. The number of hydrogen-bond acceptors (Lipinski definition) is 7. The molecule has 0 unspecified atom stereocenters. The lowest BCUT2D eigenvalue weighted by Crippen LogP contribution is -2.24. The second kappa shape index (κ2) is 13.3. The maximum absolute atomic E-state index is 12.5. The zero-order valence-corrected chi connectivity index (χ0v) is 21.6. The zero-order valence-electron chi connectivity index (χ0n) is 20.1. The number of nitrogens with one attached hydrogen (secondary N) is 1. The van der Waals surface area contributed by atoms with Crippen LogP contribution in [0.3, 0.4) is 0 Å². The summed E-state index contributed by atoms with van der Waals surface area (Å²) in [7, 11) is 2.96. The molecule has 0 saturated heterocycles.